The fourth-order valence-corrected chi connectivity index (χ4v) is 2.98. The van der Waals surface area contributed by atoms with E-state index in [1.807, 2.05) is 0 Å². The minimum atomic E-state index is -3.85. The SMILES string of the molecule is COCC(CCO)NS(=O)(=O)c1ccc(Br)c(F)c1. The molecule has 0 saturated carbocycles. The Morgan fingerprint density at radius 2 is 2.21 bits per heavy atom. The highest BCUT2D eigenvalue weighted by molar-refractivity contribution is 9.10. The molecule has 1 atom stereocenters. The van der Waals surface area contributed by atoms with Gasteiger partial charge in [-0.05, 0) is 40.5 Å². The first-order valence-electron chi connectivity index (χ1n) is 5.48. The summed E-state index contributed by atoms with van der Waals surface area (Å²) in [5, 5.41) is 8.85. The second kappa shape index (κ2) is 7.30. The number of aliphatic hydroxyl groups is 1. The standard InChI is InChI=1S/C11H15BrFNO4S/c1-18-7-8(4-5-15)14-19(16,17)9-2-3-10(12)11(13)6-9/h2-3,6,8,14-15H,4-5,7H2,1H3. The van der Waals surface area contributed by atoms with E-state index in [1.54, 1.807) is 0 Å². The van der Waals surface area contributed by atoms with Gasteiger partial charge in [0, 0.05) is 19.8 Å². The summed E-state index contributed by atoms with van der Waals surface area (Å²) in [5.74, 6) is -0.659. The van der Waals surface area contributed by atoms with E-state index in [4.69, 9.17) is 9.84 Å². The van der Waals surface area contributed by atoms with Crippen LogP contribution in [0.5, 0.6) is 0 Å². The molecule has 1 aromatic rings. The van der Waals surface area contributed by atoms with Crippen molar-refractivity contribution in [3.8, 4) is 0 Å². The van der Waals surface area contributed by atoms with Crippen LogP contribution in [0.2, 0.25) is 0 Å². The molecule has 8 heteroatoms. The molecule has 0 aliphatic rings. The van der Waals surface area contributed by atoms with Gasteiger partial charge in [0.15, 0.2) is 0 Å². The number of halogens is 2. The van der Waals surface area contributed by atoms with Crippen LogP contribution in [0.3, 0.4) is 0 Å². The second-order valence-electron chi connectivity index (χ2n) is 3.86. The van der Waals surface area contributed by atoms with Crippen molar-refractivity contribution in [3.05, 3.63) is 28.5 Å². The van der Waals surface area contributed by atoms with Crippen LogP contribution < -0.4 is 4.72 Å². The van der Waals surface area contributed by atoms with Crippen LogP contribution in [0.1, 0.15) is 6.42 Å². The van der Waals surface area contributed by atoms with Gasteiger partial charge in [-0.25, -0.2) is 17.5 Å². The molecule has 1 aromatic carbocycles. The second-order valence-corrected chi connectivity index (χ2v) is 6.43. The molecular formula is C11H15BrFNO4S. The summed E-state index contributed by atoms with van der Waals surface area (Å²) in [6, 6.07) is 2.97. The Morgan fingerprint density at radius 1 is 1.53 bits per heavy atom. The third-order valence-corrected chi connectivity index (χ3v) is 4.53. The Hall–Kier alpha value is -0.540. The van der Waals surface area contributed by atoms with Gasteiger partial charge in [0.05, 0.1) is 16.0 Å². The lowest BCUT2D eigenvalue weighted by molar-refractivity contribution is 0.158. The van der Waals surface area contributed by atoms with E-state index in [9.17, 15) is 12.8 Å². The summed E-state index contributed by atoms with van der Waals surface area (Å²) in [7, 11) is -2.42. The van der Waals surface area contributed by atoms with Gasteiger partial charge in [0.25, 0.3) is 0 Å². The van der Waals surface area contributed by atoms with Crippen LogP contribution in [0.15, 0.2) is 27.6 Å². The molecule has 0 aliphatic heterocycles. The third kappa shape index (κ3) is 4.81. The molecule has 19 heavy (non-hydrogen) atoms. The summed E-state index contributed by atoms with van der Waals surface area (Å²) in [4.78, 5) is -0.174. The number of ether oxygens (including phenoxy) is 1. The summed E-state index contributed by atoms with van der Waals surface area (Å²) < 4.78 is 44.8. The van der Waals surface area contributed by atoms with Crippen molar-refractivity contribution in [2.75, 3.05) is 20.3 Å². The predicted octanol–water partition coefficient (Wildman–Crippen LogP) is 1.26. The summed E-state index contributed by atoms with van der Waals surface area (Å²) in [5.41, 5.74) is 0. The van der Waals surface area contributed by atoms with E-state index in [0.29, 0.717) is 0 Å². The normalized spacial score (nSPS) is 13.5. The molecular weight excluding hydrogens is 341 g/mol. The molecule has 0 heterocycles. The number of hydrogen-bond acceptors (Lipinski definition) is 4. The zero-order valence-electron chi connectivity index (χ0n) is 10.3. The van der Waals surface area contributed by atoms with Gasteiger partial charge >= 0.3 is 0 Å². The average molecular weight is 356 g/mol. The van der Waals surface area contributed by atoms with Crippen LogP contribution >= 0.6 is 15.9 Å². The molecule has 0 fully saturated rings. The highest BCUT2D eigenvalue weighted by Crippen LogP contribution is 2.19. The van der Waals surface area contributed by atoms with E-state index in [0.717, 1.165) is 6.07 Å². The molecule has 1 rings (SSSR count). The lowest BCUT2D eigenvalue weighted by Gasteiger charge is -2.17. The largest absolute Gasteiger partial charge is 0.396 e. The van der Waals surface area contributed by atoms with Crippen LogP contribution in [-0.2, 0) is 14.8 Å². The highest BCUT2D eigenvalue weighted by atomic mass is 79.9. The number of benzene rings is 1. The number of aliphatic hydroxyl groups excluding tert-OH is 1. The number of rotatable bonds is 7. The number of methoxy groups -OCH3 is 1. The monoisotopic (exact) mass is 355 g/mol. The molecule has 1 unspecified atom stereocenters. The molecule has 0 saturated heterocycles. The van der Waals surface area contributed by atoms with E-state index >= 15 is 0 Å². The van der Waals surface area contributed by atoms with Crippen molar-refractivity contribution >= 4 is 26.0 Å². The van der Waals surface area contributed by atoms with Gasteiger partial charge in [-0.1, -0.05) is 0 Å². The van der Waals surface area contributed by atoms with Crippen molar-refractivity contribution < 1.29 is 22.7 Å². The van der Waals surface area contributed by atoms with Crippen molar-refractivity contribution in [1.29, 1.82) is 0 Å². The lowest BCUT2D eigenvalue weighted by atomic mass is 10.2. The minimum absolute atomic E-state index is 0.124. The number of hydrogen-bond donors (Lipinski definition) is 2. The van der Waals surface area contributed by atoms with Crippen molar-refractivity contribution in [2.45, 2.75) is 17.4 Å². The lowest BCUT2D eigenvalue weighted by Crippen LogP contribution is -2.38. The summed E-state index contributed by atoms with van der Waals surface area (Å²) in [6.45, 7) is -0.0515. The Morgan fingerprint density at radius 3 is 2.74 bits per heavy atom. The Kier molecular flexibility index (Phi) is 6.34. The van der Waals surface area contributed by atoms with E-state index in [1.165, 1.54) is 19.2 Å². The van der Waals surface area contributed by atoms with Crippen molar-refractivity contribution in [1.82, 2.24) is 4.72 Å². The molecule has 0 aromatic heterocycles. The maximum absolute atomic E-state index is 13.3. The average Bonchev–Trinajstić information content (AvgIpc) is 2.32. The molecule has 2 N–H and O–H groups in total. The Labute approximate surface area is 120 Å². The zero-order valence-corrected chi connectivity index (χ0v) is 12.7. The van der Waals surface area contributed by atoms with Crippen LogP contribution in [-0.4, -0.2) is 39.9 Å². The first kappa shape index (κ1) is 16.5. The molecule has 0 aliphatic carbocycles. The van der Waals surface area contributed by atoms with Crippen LogP contribution in [0.25, 0.3) is 0 Å². The van der Waals surface area contributed by atoms with Gasteiger partial charge in [0.2, 0.25) is 10.0 Å². The number of nitrogens with one attached hydrogen (secondary N) is 1. The maximum atomic E-state index is 13.3. The van der Waals surface area contributed by atoms with Gasteiger partial charge in [-0.3, -0.25) is 0 Å². The fraction of sp³-hybridized carbons (Fsp3) is 0.455. The zero-order chi connectivity index (χ0) is 14.5. The minimum Gasteiger partial charge on any atom is -0.396 e. The summed E-state index contributed by atoms with van der Waals surface area (Å²) >= 11 is 2.95. The van der Waals surface area contributed by atoms with Crippen LogP contribution in [0.4, 0.5) is 4.39 Å². The third-order valence-electron chi connectivity index (χ3n) is 2.37. The van der Waals surface area contributed by atoms with Gasteiger partial charge in [-0.2, -0.15) is 0 Å². The van der Waals surface area contributed by atoms with E-state index in [-0.39, 0.29) is 29.0 Å². The highest BCUT2D eigenvalue weighted by Gasteiger charge is 2.20. The van der Waals surface area contributed by atoms with Gasteiger partial charge < -0.3 is 9.84 Å². The molecule has 0 radical (unpaired) electrons. The summed E-state index contributed by atoms with van der Waals surface area (Å²) in [6.07, 6.45) is 0.214. The Balaban J connectivity index is 2.92. The first-order chi connectivity index (χ1) is 8.90. The first-order valence-corrected chi connectivity index (χ1v) is 7.75. The molecule has 0 amide bonds. The fourth-order valence-electron chi connectivity index (χ4n) is 1.46. The number of sulfonamides is 1. The van der Waals surface area contributed by atoms with Crippen molar-refractivity contribution in [3.63, 3.8) is 0 Å². The van der Waals surface area contributed by atoms with E-state index < -0.39 is 21.9 Å². The molecule has 5 nitrogen and oxygen atoms in total. The predicted molar refractivity (Wildman–Crippen MR) is 71.8 cm³/mol. The topological polar surface area (TPSA) is 75.6 Å². The van der Waals surface area contributed by atoms with E-state index in [2.05, 4.69) is 20.7 Å². The van der Waals surface area contributed by atoms with Crippen LogP contribution in [0, 0.1) is 5.82 Å². The molecule has 0 bridgehead atoms. The maximum Gasteiger partial charge on any atom is 0.241 e. The quantitative estimate of drug-likeness (QED) is 0.772. The smallest absolute Gasteiger partial charge is 0.241 e. The Bertz CT molecular complexity index is 517. The molecule has 108 valence electrons. The van der Waals surface area contributed by atoms with Gasteiger partial charge in [-0.15, -0.1) is 0 Å². The van der Waals surface area contributed by atoms with Crippen molar-refractivity contribution in [2.24, 2.45) is 0 Å². The van der Waals surface area contributed by atoms with Gasteiger partial charge in [0.1, 0.15) is 5.82 Å². The molecule has 0 spiro atoms.